The molecule has 22 heavy (non-hydrogen) atoms. The van der Waals surface area contributed by atoms with Crippen molar-refractivity contribution in [3.8, 4) is 0 Å². The summed E-state index contributed by atoms with van der Waals surface area (Å²) in [4.78, 5) is 14.7. The first kappa shape index (κ1) is 17.0. The second kappa shape index (κ2) is 7.77. The first-order valence-electron chi connectivity index (χ1n) is 8.53. The van der Waals surface area contributed by atoms with Crippen LogP contribution in [0.4, 0.5) is 0 Å². The van der Waals surface area contributed by atoms with Crippen molar-refractivity contribution in [2.24, 2.45) is 5.92 Å². The minimum absolute atomic E-state index is 0.179. The van der Waals surface area contributed by atoms with E-state index in [0.717, 1.165) is 19.6 Å². The summed E-state index contributed by atoms with van der Waals surface area (Å²) in [5, 5.41) is 3.14. The van der Waals surface area contributed by atoms with Gasteiger partial charge in [-0.2, -0.15) is 0 Å². The average Bonchev–Trinajstić information content (AvgIpc) is 2.94. The number of hydrogen-bond acceptors (Lipinski definition) is 2. The van der Waals surface area contributed by atoms with Crippen molar-refractivity contribution in [1.29, 1.82) is 0 Å². The van der Waals surface area contributed by atoms with Gasteiger partial charge in [0.2, 0.25) is 5.91 Å². The van der Waals surface area contributed by atoms with Crippen molar-refractivity contribution >= 4 is 5.91 Å². The molecule has 0 saturated carbocycles. The van der Waals surface area contributed by atoms with E-state index in [1.54, 1.807) is 0 Å². The summed E-state index contributed by atoms with van der Waals surface area (Å²) in [5.74, 6) is 1.07. The molecule has 2 unspecified atom stereocenters. The van der Waals surface area contributed by atoms with Crippen LogP contribution in [0.1, 0.15) is 50.7 Å². The van der Waals surface area contributed by atoms with Gasteiger partial charge in [0.25, 0.3) is 0 Å². The molecule has 1 aromatic rings. The minimum Gasteiger partial charge on any atom is -0.356 e. The Hall–Kier alpha value is -1.35. The highest BCUT2D eigenvalue weighted by atomic mass is 16.1. The second-order valence-corrected chi connectivity index (χ2v) is 7.01. The molecular weight excluding hydrogens is 272 g/mol. The zero-order valence-electron chi connectivity index (χ0n) is 14.4. The molecule has 0 bridgehead atoms. The van der Waals surface area contributed by atoms with Gasteiger partial charge in [-0.25, -0.2) is 0 Å². The molecule has 0 aliphatic carbocycles. The fourth-order valence-corrected chi connectivity index (χ4v) is 3.36. The molecule has 2 rings (SSSR count). The highest BCUT2D eigenvalue weighted by Gasteiger charge is 2.24. The van der Waals surface area contributed by atoms with Gasteiger partial charge in [-0.3, -0.25) is 4.79 Å². The summed E-state index contributed by atoms with van der Waals surface area (Å²) < 4.78 is 0. The maximum atomic E-state index is 12.2. The summed E-state index contributed by atoms with van der Waals surface area (Å²) >= 11 is 0. The number of likely N-dealkylation sites (tertiary alicyclic amines) is 1. The molecule has 1 fully saturated rings. The van der Waals surface area contributed by atoms with Gasteiger partial charge in [0, 0.05) is 25.6 Å². The summed E-state index contributed by atoms with van der Waals surface area (Å²) in [5.41, 5.74) is 2.55. The Bertz CT molecular complexity index is 498. The lowest BCUT2D eigenvalue weighted by atomic mass is 9.93. The Morgan fingerprint density at radius 2 is 2.05 bits per heavy atom. The van der Waals surface area contributed by atoms with Gasteiger partial charge in [-0.1, -0.05) is 31.2 Å². The third-order valence-electron chi connectivity index (χ3n) is 4.85. The van der Waals surface area contributed by atoms with Crippen molar-refractivity contribution in [1.82, 2.24) is 10.2 Å². The number of benzene rings is 1. The molecule has 3 heteroatoms. The van der Waals surface area contributed by atoms with Gasteiger partial charge in [0.1, 0.15) is 0 Å². The molecule has 122 valence electrons. The Morgan fingerprint density at radius 3 is 2.68 bits per heavy atom. The van der Waals surface area contributed by atoms with Crippen LogP contribution in [0.2, 0.25) is 0 Å². The first-order valence-corrected chi connectivity index (χ1v) is 8.53. The Kier molecular flexibility index (Phi) is 6.01. The average molecular weight is 302 g/mol. The van der Waals surface area contributed by atoms with E-state index in [0.29, 0.717) is 18.4 Å². The third-order valence-corrected chi connectivity index (χ3v) is 4.85. The number of hydrogen-bond donors (Lipinski definition) is 1. The van der Waals surface area contributed by atoms with E-state index in [1.165, 1.54) is 17.5 Å². The highest BCUT2D eigenvalue weighted by molar-refractivity contribution is 5.76. The van der Waals surface area contributed by atoms with E-state index in [1.807, 2.05) is 6.07 Å². The SMILES string of the molecule is Cc1ccccc1C(C)CC(=O)NCC1CCN(C(C)C)C1. The number of nitrogens with one attached hydrogen (secondary N) is 1. The fourth-order valence-electron chi connectivity index (χ4n) is 3.36. The molecule has 0 spiro atoms. The topological polar surface area (TPSA) is 32.3 Å². The molecule has 1 saturated heterocycles. The summed E-state index contributed by atoms with van der Waals surface area (Å²) in [6.45, 7) is 11.8. The van der Waals surface area contributed by atoms with E-state index in [2.05, 4.69) is 56.1 Å². The van der Waals surface area contributed by atoms with Crippen molar-refractivity contribution < 1.29 is 4.79 Å². The van der Waals surface area contributed by atoms with Crippen LogP contribution in [-0.4, -0.2) is 36.5 Å². The van der Waals surface area contributed by atoms with Gasteiger partial charge in [-0.15, -0.1) is 0 Å². The predicted octanol–water partition coefficient (Wildman–Crippen LogP) is 3.34. The molecule has 1 amide bonds. The van der Waals surface area contributed by atoms with E-state index in [-0.39, 0.29) is 11.8 Å². The maximum Gasteiger partial charge on any atom is 0.220 e. The quantitative estimate of drug-likeness (QED) is 0.874. The standard InChI is InChI=1S/C19H30N2O/c1-14(2)21-10-9-17(13-21)12-20-19(22)11-16(4)18-8-6-5-7-15(18)3/h5-8,14,16-17H,9-13H2,1-4H3,(H,20,22). The first-order chi connectivity index (χ1) is 10.5. The summed E-state index contributed by atoms with van der Waals surface area (Å²) in [7, 11) is 0. The zero-order valence-corrected chi connectivity index (χ0v) is 14.4. The lowest BCUT2D eigenvalue weighted by Gasteiger charge is -2.20. The van der Waals surface area contributed by atoms with Gasteiger partial charge in [0.15, 0.2) is 0 Å². The Morgan fingerprint density at radius 1 is 1.32 bits per heavy atom. The van der Waals surface area contributed by atoms with Crippen LogP contribution in [0.3, 0.4) is 0 Å². The van der Waals surface area contributed by atoms with Crippen LogP contribution < -0.4 is 5.32 Å². The number of aryl methyl sites for hydroxylation is 1. The molecule has 3 nitrogen and oxygen atoms in total. The highest BCUT2D eigenvalue weighted by Crippen LogP contribution is 2.22. The molecule has 0 radical (unpaired) electrons. The van der Waals surface area contributed by atoms with Crippen LogP contribution in [0.5, 0.6) is 0 Å². The molecule has 1 N–H and O–H groups in total. The lowest BCUT2D eigenvalue weighted by molar-refractivity contribution is -0.121. The molecule has 2 atom stereocenters. The van der Waals surface area contributed by atoms with Crippen LogP contribution in [0, 0.1) is 12.8 Å². The number of amides is 1. The molecule has 1 aromatic carbocycles. The number of rotatable bonds is 6. The van der Waals surface area contributed by atoms with Gasteiger partial charge in [0.05, 0.1) is 0 Å². The largest absolute Gasteiger partial charge is 0.356 e. The van der Waals surface area contributed by atoms with E-state index < -0.39 is 0 Å². The van der Waals surface area contributed by atoms with E-state index >= 15 is 0 Å². The molecule has 0 aromatic heterocycles. The predicted molar refractivity (Wildman–Crippen MR) is 92.0 cm³/mol. The van der Waals surface area contributed by atoms with Crippen LogP contribution in [0.15, 0.2) is 24.3 Å². The fraction of sp³-hybridized carbons (Fsp3) is 0.632. The smallest absolute Gasteiger partial charge is 0.220 e. The van der Waals surface area contributed by atoms with Crippen molar-refractivity contribution in [3.05, 3.63) is 35.4 Å². The Labute approximate surface area is 135 Å². The van der Waals surface area contributed by atoms with Crippen LogP contribution in [-0.2, 0) is 4.79 Å². The van der Waals surface area contributed by atoms with Crippen molar-refractivity contribution in [2.45, 2.75) is 52.5 Å². The van der Waals surface area contributed by atoms with E-state index in [9.17, 15) is 4.79 Å². The molecule has 1 heterocycles. The number of carbonyl (C=O) groups is 1. The summed E-state index contributed by atoms with van der Waals surface area (Å²) in [6.07, 6.45) is 1.78. The maximum absolute atomic E-state index is 12.2. The van der Waals surface area contributed by atoms with Crippen molar-refractivity contribution in [2.75, 3.05) is 19.6 Å². The second-order valence-electron chi connectivity index (χ2n) is 7.01. The van der Waals surface area contributed by atoms with Crippen molar-refractivity contribution in [3.63, 3.8) is 0 Å². The van der Waals surface area contributed by atoms with Crippen LogP contribution >= 0.6 is 0 Å². The third kappa shape index (κ3) is 4.57. The van der Waals surface area contributed by atoms with Gasteiger partial charge < -0.3 is 10.2 Å². The van der Waals surface area contributed by atoms with Gasteiger partial charge in [-0.05, 0) is 56.7 Å². The monoisotopic (exact) mass is 302 g/mol. The number of nitrogens with zero attached hydrogens (tertiary/aromatic N) is 1. The minimum atomic E-state index is 0.179. The Balaban J connectivity index is 1.76. The molecule has 1 aliphatic heterocycles. The summed E-state index contributed by atoms with van der Waals surface area (Å²) in [6, 6.07) is 8.96. The normalized spacial score (nSPS) is 20.3. The molecular formula is C19H30N2O. The van der Waals surface area contributed by atoms with E-state index in [4.69, 9.17) is 0 Å². The lowest BCUT2D eigenvalue weighted by Crippen LogP contribution is -2.33. The zero-order chi connectivity index (χ0) is 16.1. The molecule has 1 aliphatic rings. The van der Waals surface area contributed by atoms with Crippen LogP contribution in [0.25, 0.3) is 0 Å². The number of carbonyl (C=O) groups excluding carboxylic acids is 1. The van der Waals surface area contributed by atoms with Gasteiger partial charge >= 0.3 is 0 Å².